The van der Waals surface area contributed by atoms with E-state index in [0.717, 1.165) is 52.1 Å². The van der Waals surface area contributed by atoms with Crippen LogP contribution in [0.25, 0.3) is 22.1 Å². The molecule has 1 atom stereocenters. The van der Waals surface area contributed by atoms with E-state index >= 15 is 0 Å². The summed E-state index contributed by atoms with van der Waals surface area (Å²) in [6.45, 7) is 2.52. The minimum atomic E-state index is -0.786. The first-order valence-corrected chi connectivity index (χ1v) is 12.1. The lowest BCUT2D eigenvalue weighted by molar-refractivity contribution is -0.115. The van der Waals surface area contributed by atoms with E-state index in [1.54, 1.807) is 6.20 Å². The summed E-state index contributed by atoms with van der Waals surface area (Å²) < 4.78 is 2.29. The highest BCUT2D eigenvalue weighted by molar-refractivity contribution is 6.04. The molecular weight excluding hydrogens is 450 g/mol. The molecule has 8 heteroatoms. The van der Waals surface area contributed by atoms with Crippen molar-refractivity contribution < 1.29 is 4.79 Å². The molecule has 2 aliphatic rings. The number of aromatic amines is 1. The molecule has 0 spiro atoms. The SMILES string of the molecule is CN(C)CCN(C)Cn1c(C2(c3c[nH]c4ncccc34)C=CC=C3C(=O)NC=C32)nc2ccccc21. The summed E-state index contributed by atoms with van der Waals surface area (Å²) >= 11 is 0. The Balaban J connectivity index is 1.62. The Kier molecular flexibility index (Phi) is 5.35. The minimum absolute atomic E-state index is 0.0950. The third kappa shape index (κ3) is 3.41. The van der Waals surface area contributed by atoms with Gasteiger partial charge in [-0.1, -0.05) is 24.3 Å². The molecule has 1 amide bonds. The molecule has 1 unspecified atom stereocenters. The number of carbonyl (C=O) groups is 1. The number of nitrogens with zero attached hydrogens (tertiary/aromatic N) is 5. The minimum Gasteiger partial charge on any atom is -0.346 e. The van der Waals surface area contributed by atoms with Crippen LogP contribution in [0, 0.1) is 0 Å². The number of benzene rings is 1. The molecule has 4 heterocycles. The number of pyridine rings is 1. The van der Waals surface area contributed by atoms with Crippen LogP contribution in [0.1, 0.15) is 11.4 Å². The molecule has 1 aliphatic carbocycles. The number of hydrogen-bond acceptors (Lipinski definition) is 5. The lowest BCUT2D eigenvalue weighted by Crippen LogP contribution is -2.36. The van der Waals surface area contributed by atoms with Crippen molar-refractivity contribution in [3.05, 3.63) is 95.8 Å². The van der Waals surface area contributed by atoms with Gasteiger partial charge >= 0.3 is 0 Å². The Labute approximate surface area is 209 Å². The number of carbonyl (C=O) groups excluding carboxylic acids is 1. The normalized spacial score (nSPS) is 19.3. The number of fused-ring (bicyclic) bond motifs is 3. The van der Waals surface area contributed by atoms with Crippen LogP contribution in [-0.4, -0.2) is 69.5 Å². The molecule has 36 heavy (non-hydrogen) atoms. The van der Waals surface area contributed by atoms with E-state index < -0.39 is 5.41 Å². The standard InChI is InChI=1S/C28H29N7O/c1-33(2)14-15-34(3)18-35-24-11-5-4-10-23(24)32-27(35)28(12-6-8-20-22(28)17-31-26(20)36)21-16-30-25-19(21)9-7-13-29-25/h4-13,16-17H,14-15,18H2,1-3H3,(H,29,30)(H,31,36). The van der Waals surface area contributed by atoms with E-state index in [-0.39, 0.29) is 5.91 Å². The third-order valence-electron chi connectivity index (χ3n) is 7.11. The predicted molar refractivity (Wildman–Crippen MR) is 141 cm³/mol. The van der Waals surface area contributed by atoms with Crippen LogP contribution in [0.3, 0.4) is 0 Å². The molecule has 8 nitrogen and oxygen atoms in total. The summed E-state index contributed by atoms with van der Waals surface area (Å²) in [5.41, 5.74) is 4.58. The molecule has 182 valence electrons. The Morgan fingerprint density at radius 2 is 1.94 bits per heavy atom. The highest BCUT2D eigenvalue weighted by Gasteiger charge is 2.47. The third-order valence-corrected chi connectivity index (χ3v) is 7.11. The molecule has 0 fully saturated rings. The van der Waals surface area contributed by atoms with Crippen LogP contribution in [-0.2, 0) is 16.9 Å². The van der Waals surface area contributed by atoms with E-state index in [0.29, 0.717) is 12.2 Å². The van der Waals surface area contributed by atoms with Crippen LogP contribution >= 0.6 is 0 Å². The zero-order chi connectivity index (χ0) is 24.9. The molecule has 1 aliphatic heterocycles. The van der Waals surface area contributed by atoms with Gasteiger partial charge in [0.25, 0.3) is 5.91 Å². The zero-order valence-electron chi connectivity index (χ0n) is 20.7. The van der Waals surface area contributed by atoms with Crippen molar-refractivity contribution in [1.29, 1.82) is 0 Å². The summed E-state index contributed by atoms with van der Waals surface area (Å²) in [5, 5.41) is 3.94. The van der Waals surface area contributed by atoms with Crippen molar-refractivity contribution >= 4 is 28.0 Å². The second-order valence-electron chi connectivity index (χ2n) is 9.76. The monoisotopic (exact) mass is 479 g/mol. The molecule has 0 saturated carbocycles. The number of aromatic nitrogens is 4. The van der Waals surface area contributed by atoms with Crippen molar-refractivity contribution in [3.8, 4) is 0 Å². The summed E-state index contributed by atoms with van der Waals surface area (Å²) in [7, 11) is 6.30. The first-order chi connectivity index (χ1) is 17.5. The first kappa shape index (κ1) is 22.5. The fourth-order valence-electron chi connectivity index (χ4n) is 5.32. The average Bonchev–Trinajstić information content (AvgIpc) is 3.59. The lowest BCUT2D eigenvalue weighted by Gasteiger charge is -2.35. The van der Waals surface area contributed by atoms with Crippen LogP contribution in [0.15, 0.2) is 84.4 Å². The predicted octanol–water partition coefficient (Wildman–Crippen LogP) is 3.16. The Morgan fingerprint density at radius 1 is 1.08 bits per heavy atom. The summed E-state index contributed by atoms with van der Waals surface area (Å²) in [5.74, 6) is 0.775. The van der Waals surface area contributed by atoms with Crippen molar-refractivity contribution in [2.24, 2.45) is 0 Å². The quantitative estimate of drug-likeness (QED) is 0.426. The highest BCUT2D eigenvalue weighted by atomic mass is 16.1. The number of nitrogens with one attached hydrogen (secondary N) is 2. The van der Waals surface area contributed by atoms with Gasteiger partial charge < -0.3 is 19.8 Å². The van der Waals surface area contributed by atoms with Crippen LogP contribution in [0.5, 0.6) is 0 Å². The van der Waals surface area contributed by atoms with Gasteiger partial charge in [-0.3, -0.25) is 9.69 Å². The second-order valence-corrected chi connectivity index (χ2v) is 9.76. The fourth-order valence-corrected chi connectivity index (χ4v) is 5.32. The molecule has 4 aromatic rings. The maximum Gasteiger partial charge on any atom is 0.255 e. The van der Waals surface area contributed by atoms with E-state index in [4.69, 9.17) is 4.98 Å². The topological polar surface area (TPSA) is 82.1 Å². The number of rotatable bonds is 7. The number of amides is 1. The van der Waals surface area contributed by atoms with Crippen LogP contribution in [0.4, 0.5) is 0 Å². The number of likely N-dealkylation sites (N-methyl/N-ethyl adjacent to an activating group) is 2. The van der Waals surface area contributed by atoms with Gasteiger partial charge in [0, 0.05) is 53.8 Å². The van der Waals surface area contributed by atoms with Crippen LogP contribution < -0.4 is 5.32 Å². The summed E-state index contributed by atoms with van der Waals surface area (Å²) in [4.78, 5) is 30.4. The van der Waals surface area contributed by atoms with Crippen molar-refractivity contribution in [2.75, 3.05) is 34.2 Å². The van der Waals surface area contributed by atoms with Crippen molar-refractivity contribution in [2.45, 2.75) is 12.1 Å². The summed E-state index contributed by atoms with van der Waals surface area (Å²) in [6, 6.07) is 12.3. The summed E-state index contributed by atoms with van der Waals surface area (Å²) in [6.07, 6.45) is 11.7. The molecule has 0 radical (unpaired) electrons. The van der Waals surface area contributed by atoms with Gasteiger partial charge in [-0.05, 0) is 51.5 Å². The molecule has 0 saturated heterocycles. The molecule has 1 aromatic carbocycles. The largest absolute Gasteiger partial charge is 0.346 e. The zero-order valence-corrected chi connectivity index (χ0v) is 20.7. The number of H-pyrrole nitrogens is 1. The highest BCUT2D eigenvalue weighted by Crippen LogP contribution is 2.49. The van der Waals surface area contributed by atoms with Gasteiger partial charge in [-0.2, -0.15) is 0 Å². The van der Waals surface area contributed by atoms with Crippen molar-refractivity contribution in [1.82, 2.24) is 34.6 Å². The average molecular weight is 480 g/mol. The Bertz CT molecular complexity index is 1570. The van der Waals surface area contributed by atoms with Gasteiger partial charge in [0.2, 0.25) is 0 Å². The van der Waals surface area contributed by atoms with Gasteiger partial charge in [-0.25, -0.2) is 9.97 Å². The van der Waals surface area contributed by atoms with Gasteiger partial charge in [0.05, 0.1) is 17.7 Å². The van der Waals surface area contributed by atoms with E-state index in [1.165, 1.54) is 0 Å². The van der Waals surface area contributed by atoms with Gasteiger partial charge in [-0.15, -0.1) is 0 Å². The fraction of sp³-hybridized carbons (Fsp3) is 0.250. The number of para-hydroxylation sites is 2. The van der Waals surface area contributed by atoms with Crippen molar-refractivity contribution in [3.63, 3.8) is 0 Å². The molecular formula is C28H29N7O. The molecule has 0 bridgehead atoms. The van der Waals surface area contributed by atoms with Crippen LogP contribution in [0.2, 0.25) is 0 Å². The number of imidazole rings is 1. The lowest BCUT2D eigenvalue weighted by atomic mass is 9.69. The van der Waals surface area contributed by atoms with E-state index in [1.807, 2.05) is 42.7 Å². The van der Waals surface area contributed by atoms with Gasteiger partial charge in [0.1, 0.15) is 16.9 Å². The second kappa shape index (κ2) is 8.58. The molecule has 6 rings (SSSR count). The molecule has 2 N–H and O–H groups in total. The smallest absolute Gasteiger partial charge is 0.255 e. The van der Waals surface area contributed by atoms with Gasteiger partial charge in [0.15, 0.2) is 0 Å². The van der Waals surface area contributed by atoms with E-state index in [2.05, 4.69) is 75.1 Å². The maximum atomic E-state index is 12.8. The van der Waals surface area contributed by atoms with E-state index in [9.17, 15) is 4.79 Å². The Morgan fingerprint density at radius 3 is 2.81 bits per heavy atom. The number of hydrogen-bond donors (Lipinski definition) is 2. The number of allylic oxidation sites excluding steroid dienone is 3. The first-order valence-electron chi connectivity index (χ1n) is 12.1. The Hall–Kier alpha value is -4.01. The maximum absolute atomic E-state index is 12.8. The molecule has 3 aromatic heterocycles.